The van der Waals surface area contributed by atoms with Gasteiger partial charge in [-0.15, -0.1) is 0 Å². The van der Waals surface area contributed by atoms with E-state index in [1.165, 1.54) is 0 Å². The quantitative estimate of drug-likeness (QED) is 0.733. The Kier molecular flexibility index (Phi) is 6.29. The lowest BCUT2D eigenvalue weighted by atomic mass is 10.3. The van der Waals surface area contributed by atoms with E-state index < -0.39 is 0 Å². The van der Waals surface area contributed by atoms with E-state index in [-0.39, 0.29) is 5.91 Å². The lowest BCUT2D eigenvalue weighted by molar-refractivity contribution is -0.115. The zero-order valence-corrected chi connectivity index (χ0v) is 11.9. The molecule has 0 saturated heterocycles. The van der Waals surface area contributed by atoms with E-state index >= 15 is 0 Å². The minimum absolute atomic E-state index is 0.0369. The van der Waals surface area contributed by atoms with Crippen LogP contribution in [-0.2, 0) is 4.79 Å². The average Bonchev–Trinajstić information content (AvgIpc) is 2.53. The number of carbonyl (C=O) groups excluding carboxylic acids is 1. The summed E-state index contributed by atoms with van der Waals surface area (Å²) >= 11 is 0. The van der Waals surface area contributed by atoms with Crippen molar-refractivity contribution in [2.75, 3.05) is 25.0 Å². The van der Waals surface area contributed by atoms with Crippen LogP contribution in [-0.4, -0.2) is 25.6 Å². The number of anilines is 1. The Bertz CT molecular complexity index is 529. The molecule has 0 aromatic heterocycles. The monoisotopic (exact) mass is 284 g/mol. The summed E-state index contributed by atoms with van der Waals surface area (Å²) in [4.78, 5) is 11.7. The van der Waals surface area contributed by atoms with Gasteiger partial charge in [0.05, 0.1) is 13.2 Å². The third-order valence-electron chi connectivity index (χ3n) is 2.85. The van der Waals surface area contributed by atoms with Gasteiger partial charge < -0.3 is 15.4 Å². The summed E-state index contributed by atoms with van der Waals surface area (Å²) in [5, 5.41) is 5.93. The Labute approximate surface area is 125 Å². The summed E-state index contributed by atoms with van der Waals surface area (Å²) in [5.41, 5.74) is 0.816. The van der Waals surface area contributed by atoms with E-state index in [1.54, 1.807) is 0 Å². The van der Waals surface area contributed by atoms with E-state index in [0.717, 1.165) is 24.4 Å². The summed E-state index contributed by atoms with van der Waals surface area (Å²) in [7, 11) is 0. The highest BCUT2D eigenvalue weighted by Crippen LogP contribution is 2.08. The maximum absolute atomic E-state index is 11.7. The molecule has 0 unspecified atom stereocenters. The molecule has 21 heavy (non-hydrogen) atoms. The number of amides is 1. The first-order valence-corrected chi connectivity index (χ1v) is 7.08. The second-order valence-corrected chi connectivity index (χ2v) is 4.61. The van der Waals surface area contributed by atoms with Crippen LogP contribution >= 0.6 is 0 Å². The van der Waals surface area contributed by atoms with Crippen LogP contribution in [0.1, 0.15) is 6.42 Å². The molecule has 0 spiro atoms. The van der Waals surface area contributed by atoms with Gasteiger partial charge in [-0.3, -0.25) is 4.79 Å². The molecule has 4 heteroatoms. The van der Waals surface area contributed by atoms with Crippen molar-refractivity contribution in [3.63, 3.8) is 0 Å². The smallest absolute Gasteiger partial charge is 0.238 e. The minimum atomic E-state index is -0.0369. The molecule has 0 bridgehead atoms. The Morgan fingerprint density at radius 2 is 1.62 bits per heavy atom. The number of carbonyl (C=O) groups is 1. The highest BCUT2D eigenvalue weighted by molar-refractivity contribution is 5.92. The number of nitrogens with one attached hydrogen (secondary N) is 2. The van der Waals surface area contributed by atoms with Crippen molar-refractivity contribution in [2.24, 2.45) is 0 Å². The summed E-state index contributed by atoms with van der Waals surface area (Å²) in [6.07, 6.45) is 0.855. The summed E-state index contributed by atoms with van der Waals surface area (Å²) in [6.45, 7) is 1.69. The molecule has 2 N–H and O–H groups in total. The summed E-state index contributed by atoms with van der Waals surface area (Å²) in [5.74, 6) is 0.837. The Morgan fingerprint density at radius 1 is 0.952 bits per heavy atom. The second-order valence-electron chi connectivity index (χ2n) is 4.61. The molecule has 0 saturated carbocycles. The van der Waals surface area contributed by atoms with Crippen LogP contribution in [0.4, 0.5) is 5.69 Å². The molecule has 2 aromatic carbocycles. The number of rotatable bonds is 8. The van der Waals surface area contributed by atoms with E-state index in [9.17, 15) is 4.79 Å². The zero-order chi connectivity index (χ0) is 14.8. The summed E-state index contributed by atoms with van der Waals surface area (Å²) in [6, 6.07) is 19.1. The molecule has 0 atom stereocenters. The van der Waals surface area contributed by atoms with Gasteiger partial charge in [0.25, 0.3) is 0 Å². The third-order valence-corrected chi connectivity index (χ3v) is 2.85. The molecule has 0 fully saturated rings. The first-order chi connectivity index (χ1) is 10.3. The molecule has 2 aromatic rings. The standard InChI is InChI=1S/C17H20N2O2/c20-17(19-15-8-3-1-4-9-15)14-18-12-7-13-21-16-10-5-2-6-11-16/h1-6,8-11,18H,7,12-14H2,(H,19,20). The number of hydrogen-bond donors (Lipinski definition) is 2. The summed E-state index contributed by atoms with van der Waals surface area (Å²) < 4.78 is 5.57. The molecule has 4 nitrogen and oxygen atoms in total. The predicted octanol–water partition coefficient (Wildman–Crippen LogP) is 2.68. The van der Waals surface area contributed by atoms with Gasteiger partial charge in [-0.2, -0.15) is 0 Å². The minimum Gasteiger partial charge on any atom is -0.494 e. The van der Waals surface area contributed by atoms with Crippen LogP contribution in [0.2, 0.25) is 0 Å². The fourth-order valence-electron chi connectivity index (χ4n) is 1.83. The normalized spacial score (nSPS) is 10.1. The Hall–Kier alpha value is -2.33. The van der Waals surface area contributed by atoms with Gasteiger partial charge in [0.15, 0.2) is 0 Å². The van der Waals surface area contributed by atoms with Gasteiger partial charge in [-0.25, -0.2) is 0 Å². The molecule has 0 radical (unpaired) electrons. The first kappa shape index (κ1) is 15.1. The van der Waals surface area contributed by atoms with Crippen LogP contribution < -0.4 is 15.4 Å². The van der Waals surface area contributed by atoms with Gasteiger partial charge in [0.1, 0.15) is 5.75 Å². The molecule has 2 rings (SSSR count). The predicted molar refractivity (Wildman–Crippen MR) is 84.5 cm³/mol. The number of benzene rings is 2. The molecule has 1 amide bonds. The number of para-hydroxylation sites is 2. The highest BCUT2D eigenvalue weighted by Gasteiger charge is 2.00. The van der Waals surface area contributed by atoms with Crippen LogP contribution in [0.25, 0.3) is 0 Å². The number of hydrogen-bond acceptors (Lipinski definition) is 3. The van der Waals surface area contributed by atoms with Crippen LogP contribution in [0.3, 0.4) is 0 Å². The zero-order valence-electron chi connectivity index (χ0n) is 11.9. The maximum Gasteiger partial charge on any atom is 0.238 e. The van der Waals surface area contributed by atoms with Crippen molar-refractivity contribution in [2.45, 2.75) is 6.42 Å². The molecule has 0 heterocycles. The van der Waals surface area contributed by atoms with Crippen molar-refractivity contribution in [1.29, 1.82) is 0 Å². The molecular weight excluding hydrogens is 264 g/mol. The van der Waals surface area contributed by atoms with Gasteiger partial charge in [-0.1, -0.05) is 36.4 Å². The fourth-order valence-corrected chi connectivity index (χ4v) is 1.83. The lowest BCUT2D eigenvalue weighted by Crippen LogP contribution is -2.29. The van der Waals surface area contributed by atoms with Crippen molar-refractivity contribution in [3.8, 4) is 5.75 Å². The Balaban J connectivity index is 1.52. The molecule has 0 aliphatic rings. The first-order valence-electron chi connectivity index (χ1n) is 7.08. The molecular formula is C17H20N2O2. The van der Waals surface area contributed by atoms with E-state index in [1.807, 2.05) is 60.7 Å². The van der Waals surface area contributed by atoms with Gasteiger partial charge in [0.2, 0.25) is 5.91 Å². The SMILES string of the molecule is O=C(CNCCCOc1ccccc1)Nc1ccccc1. The Morgan fingerprint density at radius 3 is 2.33 bits per heavy atom. The topological polar surface area (TPSA) is 50.4 Å². The van der Waals surface area contributed by atoms with Crippen molar-refractivity contribution < 1.29 is 9.53 Å². The second kappa shape index (κ2) is 8.76. The third kappa shape index (κ3) is 6.10. The molecule has 110 valence electrons. The molecule has 0 aliphatic carbocycles. The van der Waals surface area contributed by atoms with Crippen molar-refractivity contribution in [3.05, 3.63) is 60.7 Å². The maximum atomic E-state index is 11.7. The van der Waals surface area contributed by atoms with E-state index in [4.69, 9.17) is 4.74 Å². The van der Waals surface area contributed by atoms with Crippen LogP contribution in [0.5, 0.6) is 5.75 Å². The van der Waals surface area contributed by atoms with Crippen LogP contribution in [0, 0.1) is 0 Å². The van der Waals surface area contributed by atoms with Gasteiger partial charge >= 0.3 is 0 Å². The van der Waals surface area contributed by atoms with Gasteiger partial charge in [-0.05, 0) is 37.2 Å². The number of ether oxygens (including phenoxy) is 1. The highest BCUT2D eigenvalue weighted by atomic mass is 16.5. The van der Waals surface area contributed by atoms with Crippen LogP contribution in [0.15, 0.2) is 60.7 Å². The molecule has 0 aliphatic heterocycles. The fraction of sp³-hybridized carbons (Fsp3) is 0.235. The lowest BCUT2D eigenvalue weighted by Gasteiger charge is -2.08. The van der Waals surface area contributed by atoms with Crippen molar-refractivity contribution >= 4 is 11.6 Å². The largest absolute Gasteiger partial charge is 0.494 e. The van der Waals surface area contributed by atoms with E-state index in [2.05, 4.69) is 10.6 Å². The van der Waals surface area contributed by atoms with E-state index in [0.29, 0.717) is 13.2 Å². The van der Waals surface area contributed by atoms with Crippen molar-refractivity contribution in [1.82, 2.24) is 5.32 Å². The van der Waals surface area contributed by atoms with Gasteiger partial charge in [0, 0.05) is 5.69 Å². The average molecular weight is 284 g/mol.